The van der Waals surface area contributed by atoms with Crippen molar-refractivity contribution >= 4 is 27.4 Å². The number of ketones is 1. The lowest BCUT2D eigenvalue weighted by Crippen LogP contribution is -2.38. The first-order valence-corrected chi connectivity index (χ1v) is 10.2. The molecule has 2 aromatic carbocycles. The number of nitrogens with zero attached hydrogens (tertiary/aromatic N) is 4. The lowest BCUT2D eigenvalue weighted by molar-refractivity contribution is -0.118. The molecule has 0 aliphatic carbocycles. The number of aromatic nitrogens is 2. The largest absolute Gasteiger partial charge is 0.292 e. The van der Waals surface area contributed by atoms with Crippen molar-refractivity contribution in [1.82, 2.24) is 9.97 Å². The summed E-state index contributed by atoms with van der Waals surface area (Å²) < 4.78 is 0.817. The second-order valence-corrected chi connectivity index (χ2v) is 8.18. The van der Waals surface area contributed by atoms with Crippen molar-refractivity contribution in [3.05, 3.63) is 94.2 Å². The van der Waals surface area contributed by atoms with E-state index in [4.69, 9.17) is 10.3 Å². The van der Waals surface area contributed by atoms with Crippen LogP contribution < -0.4 is 0 Å². The Morgan fingerprint density at radius 1 is 1.03 bits per heavy atom. The molecule has 5 nitrogen and oxygen atoms in total. The summed E-state index contributed by atoms with van der Waals surface area (Å²) >= 11 is 3.34. The molecule has 0 amide bonds. The highest BCUT2D eigenvalue weighted by atomic mass is 79.9. The molecule has 0 radical (unpaired) electrons. The van der Waals surface area contributed by atoms with Crippen LogP contribution in [0, 0.1) is 11.3 Å². The maximum Gasteiger partial charge on any atom is 0.183 e. The average molecular weight is 457 g/mol. The molecule has 1 atom stereocenters. The van der Waals surface area contributed by atoms with E-state index in [-0.39, 0.29) is 5.78 Å². The molecule has 0 saturated heterocycles. The van der Waals surface area contributed by atoms with Gasteiger partial charge in [-0.05, 0) is 58.8 Å². The number of nitriles is 1. The van der Waals surface area contributed by atoms with Gasteiger partial charge in [-0.3, -0.25) is 9.79 Å². The van der Waals surface area contributed by atoms with Crippen LogP contribution in [-0.2, 0) is 11.2 Å². The lowest BCUT2D eigenvalue weighted by atomic mass is 9.85. The molecule has 6 heteroatoms. The van der Waals surface area contributed by atoms with E-state index in [1.165, 1.54) is 0 Å². The zero-order valence-corrected chi connectivity index (χ0v) is 17.8. The number of carbonyl (C=O) groups is 1. The Morgan fingerprint density at radius 2 is 1.77 bits per heavy atom. The summed E-state index contributed by atoms with van der Waals surface area (Å²) in [6.45, 7) is 1.84. The van der Waals surface area contributed by atoms with Crippen LogP contribution in [0.3, 0.4) is 0 Å². The van der Waals surface area contributed by atoms with Gasteiger partial charge in [0.2, 0.25) is 0 Å². The Kier molecular flexibility index (Phi) is 5.39. The number of dihydropyridines is 1. The SMILES string of the molecule is CC1(Cc2cccc(-c3ncc(Br)cn3)c2)N=C(c2cccc(C#N)c2)C=CC1=O. The molecule has 4 rings (SSSR count). The molecule has 0 N–H and O–H groups in total. The number of aliphatic imine (C=N–C) groups is 1. The first-order chi connectivity index (χ1) is 14.5. The average Bonchev–Trinajstić information content (AvgIpc) is 2.76. The molecule has 0 fully saturated rings. The predicted molar refractivity (Wildman–Crippen MR) is 119 cm³/mol. The van der Waals surface area contributed by atoms with Gasteiger partial charge in [-0.2, -0.15) is 5.26 Å². The van der Waals surface area contributed by atoms with Crippen LogP contribution in [0.5, 0.6) is 0 Å². The topological polar surface area (TPSA) is 79.0 Å². The summed E-state index contributed by atoms with van der Waals surface area (Å²) in [7, 11) is 0. The summed E-state index contributed by atoms with van der Waals surface area (Å²) in [6, 6.07) is 17.2. The van der Waals surface area contributed by atoms with Crippen molar-refractivity contribution in [3.63, 3.8) is 0 Å². The van der Waals surface area contributed by atoms with Gasteiger partial charge >= 0.3 is 0 Å². The minimum Gasteiger partial charge on any atom is -0.292 e. The van der Waals surface area contributed by atoms with Crippen LogP contribution in [0.4, 0.5) is 0 Å². The first-order valence-electron chi connectivity index (χ1n) is 9.37. The van der Waals surface area contributed by atoms with Gasteiger partial charge in [-0.1, -0.05) is 30.3 Å². The zero-order chi connectivity index (χ0) is 21.1. The second-order valence-electron chi connectivity index (χ2n) is 7.26. The fourth-order valence-corrected chi connectivity index (χ4v) is 3.61. The van der Waals surface area contributed by atoms with Crippen LogP contribution in [0.25, 0.3) is 11.4 Å². The van der Waals surface area contributed by atoms with E-state index in [1.807, 2.05) is 43.3 Å². The van der Waals surface area contributed by atoms with E-state index in [2.05, 4.69) is 32.0 Å². The summed E-state index contributed by atoms with van der Waals surface area (Å²) in [6.07, 6.45) is 7.15. The van der Waals surface area contributed by atoms with Crippen LogP contribution in [-0.4, -0.2) is 27.0 Å². The van der Waals surface area contributed by atoms with Crippen LogP contribution in [0.1, 0.15) is 23.6 Å². The van der Waals surface area contributed by atoms with Crippen LogP contribution in [0.15, 0.2) is 82.5 Å². The highest BCUT2D eigenvalue weighted by Crippen LogP contribution is 2.27. The highest BCUT2D eigenvalue weighted by Gasteiger charge is 2.34. The summed E-state index contributed by atoms with van der Waals surface area (Å²) in [4.78, 5) is 26.2. The third-order valence-corrected chi connectivity index (χ3v) is 5.34. The number of halogens is 1. The Hall–Kier alpha value is -3.43. The van der Waals surface area contributed by atoms with E-state index in [0.717, 1.165) is 21.2 Å². The smallest absolute Gasteiger partial charge is 0.183 e. The maximum atomic E-state index is 12.7. The van der Waals surface area contributed by atoms with Crippen molar-refractivity contribution in [2.24, 2.45) is 4.99 Å². The molecule has 2 heterocycles. The van der Waals surface area contributed by atoms with Crippen molar-refractivity contribution < 1.29 is 4.79 Å². The number of hydrogen-bond donors (Lipinski definition) is 0. The molecule has 30 heavy (non-hydrogen) atoms. The highest BCUT2D eigenvalue weighted by molar-refractivity contribution is 9.10. The van der Waals surface area contributed by atoms with Crippen molar-refractivity contribution in [1.29, 1.82) is 5.26 Å². The van der Waals surface area contributed by atoms with E-state index < -0.39 is 5.54 Å². The first kappa shape index (κ1) is 19.9. The fraction of sp³-hybridized carbons (Fsp3) is 0.125. The predicted octanol–water partition coefficient (Wildman–Crippen LogP) is 4.71. The third kappa shape index (κ3) is 4.12. The Bertz CT molecular complexity index is 1220. The molecule has 0 saturated carbocycles. The molecule has 1 aliphatic heterocycles. The number of carbonyl (C=O) groups excluding carboxylic acids is 1. The normalized spacial score (nSPS) is 18.0. The number of hydrogen-bond acceptors (Lipinski definition) is 5. The molecule has 0 spiro atoms. The summed E-state index contributed by atoms with van der Waals surface area (Å²) in [5.74, 6) is 0.575. The lowest BCUT2D eigenvalue weighted by Gasteiger charge is -2.26. The monoisotopic (exact) mass is 456 g/mol. The maximum absolute atomic E-state index is 12.7. The number of benzene rings is 2. The van der Waals surface area contributed by atoms with E-state index in [0.29, 0.717) is 23.5 Å². The van der Waals surface area contributed by atoms with Gasteiger partial charge in [0.25, 0.3) is 0 Å². The zero-order valence-electron chi connectivity index (χ0n) is 16.2. The minimum atomic E-state index is -0.925. The van der Waals surface area contributed by atoms with E-state index >= 15 is 0 Å². The van der Waals surface area contributed by atoms with E-state index in [9.17, 15) is 4.79 Å². The molecular weight excluding hydrogens is 440 g/mol. The van der Waals surface area contributed by atoms with Gasteiger partial charge in [0.05, 0.1) is 21.8 Å². The molecule has 3 aromatic rings. The van der Waals surface area contributed by atoms with Gasteiger partial charge in [-0.15, -0.1) is 0 Å². The van der Waals surface area contributed by atoms with Crippen molar-refractivity contribution in [2.45, 2.75) is 18.9 Å². The van der Waals surface area contributed by atoms with Gasteiger partial charge in [0.15, 0.2) is 11.6 Å². The van der Waals surface area contributed by atoms with E-state index in [1.54, 1.807) is 36.7 Å². The number of allylic oxidation sites excluding steroid dienone is 1. The van der Waals surface area contributed by atoms with Crippen molar-refractivity contribution in [3.8, 4) is 17.5 Å². The van der Waals surface area contributed by atoms with Crippen molar-refractivity contribution in [2.75, 3.05) is 0 Å². The molecule has 1 unspecified atom stereocenters. The van der Waals surface area contributed by atoms with Gasteiger partial charge < -0.3 is 0 Å². The molecule has 0 bridgehead atoms. The summed E-state index contributed by atoms with van der Waals surface area (Å²) in [5, 5.41) is 9.16. The van der Waals surface area contributed by atoms with Gasteiger partial charge in [0.1, 0.15) is 5.54 Å². The molecule has 1 aliphatic rings. The second kappa shape index (κ2) is 8.13. The molecule has 1 aromatic heterocycles. The number of rotatable bonds is 4. The quantitative estimate of drug-likeness (QED) is 0.569. The van der Waals surface area contributed by atoms with Crippen LogP contribution >= 0.6 is 15.9 Å². The Morgan fingerprint density at radius 3 is 2.53 bits per heavy atom. The van der Waals surface area contributed by atoms with Gasteiger partial charge in [-0.25, -0.2) is 9.97 Å². The van der Waals surface area contributed by atoms with Gasteiger partial charge in [0, 0.05) is 29.9 Å². The minimum absolute atomic E-state index is 0.0482. The fourth-order valence-electron chi connectivity index (χ4n) is 3.41. The standard InChI is InChI=1S/C24H17BrN4O/c1-24(12-16-4-2-7-19(10-16)23-27-14-20(25)15-28-23)22(30)9-8-21(29-24)18-6-3-5-17(11-18)13-26/h2-11,14-15H,12H2,1H3. The molecular formula is C24H17BrN4O. The van der Waals surface area contributed by atoms with Crippen LogP contribution in [0.2, 0.25) is 0 Å². The molecule has 146 valence electrons. The Labute approximate surface area is 183 Å². The third-order valence-electron chi connectivity index (χ3n) is 4.93. The Balaban J connectivity index is 1.66. The summed E-state index contributed by atoms with van der Waals surface area (Å²) in [5.41, 5.74) is 3.01.